The van der Waals surface area contributed by atoms with Crippen molar-refractivity contribution < 1.29 is 4.79 Å². The quantitative estimate of drug-likeness (QED) is 0.934. The van der Waals surface area contributed by atoms with Crippen LogP contribution in [-0.4, -0.2) is 26.7 Å². The van der Waals surface area contributed by atoms with Crippen LogP contribution in [-0.2, 0) is 0 Å². The first-order chi connectivity index (χ1) is 9.65. The summed E-state index contributed by atoms with van der Waals surface area (Å²) >= 11 is 0. The molecule has 1 fully saturated rings. The van der Waals surface area contributed by atoms with Gasteiger partial charge in [0, 0.05) is 23.7 Å². The lowest BCUT2D eigenvalue weighted by Gasteiger charge is -2.11. The van der Waals surface area contributed by atoms with E-state index in [1.165, 1.54) is 12.8 Å². The molecule has 106 valence electrons. The number of pyridine rings is 1. The summed E-state index contributed by atoms with van der Waals surface area (Å²) < 4.78 is 1.87. The van der Waals surface area contributed by atoms with Gasteiger partial charge < -0.3 is 5.32 Å². The van der Waals surface area contributed by atoms with Gasteiger partial charge >= 0.3 is 0 Å². The van der Waals surface area contributed by atoms with E-state index in [1.54, 1.807) is 12.4 Å². The fraction of sp³-hybridized carbons (Fsp3) is 0.533. The minimum Gasteiger partial charge on any atom is -0.349 e. The molecular weight excluding hydrogens is 252 g/mol. The first-order valence-electron chi connectivity index (χ1n) is 7.29. The average molecular weight is 272 g/mol. The molecular formula is C15H20N4O. The number of fused-ring (bicyclic) bond motifs is 1. The molecule has 0 aromatic carbocycles. The summed E-state index contributed by atoms with van der Waals surface area (Å²) in [5.41, 5.74) is 1.45. The molecule has 1 N–H and O–H groups in total. The Balaban J connectivity index is 1.83. The van der Waals surface area contributed by atoms with Gasteiger partial charge in [-0.05, 0) is 32.8 Å². The van der Waals surface area contributed by atoms with Crippen LogP contribution in [0.15, 0.2) is 18.5 Å². The number of hydrogen-bond donors (Lipinski definition) is 1. The van der Waals surface area contributed by atoms with Gasteiger partial charge in [-0.15, -0.1) is 0 Å². The molecule has 5 nitrogen and oxygen atoms in total. The second kappa shape index (κ2) is 5.23. The molecule has 1 saturated carbocycles. The van der Waals surface area contributed by atoms with Gasteiger partial charge in [-0.3, -0.25) is 4.79 Å². The van der Waals surface area contributed by atoms with Crippen molar-refractivity contribution in [1.82, 2.24) is 20.1 Å². The normalized spacial score (nSPS) is 16.1. The number of amides is 1. The zero-order valence-corrected chi connectivity index (χ0v) is 12.0. The number of rotatable bonds is 3. The molecule has 0 unspecified atom stereocenters. The third-order valence-electron chi connectivity index (χ3n) is 3.88. The highest BCUT2D eigenvalue weighted by Crippen LogP contribution is 2.19. The molecule has 0 atom stereocenters. The fourth-order valence-electron chi connectivity index (χ4n) is 2.78. The van der Waals surface area contributed by atoms with Gasteiger partial charge in [0.2, 0.25) is 0 Å². The standard InChI is InChI=1S/C15H20N4O/c1-10(2)19-14-11(9-17-19)7-12(8-16-14)15(20)18-13-5-3-4-6-13/h7-10,13H,3-6H2,1-2H3,(H,18,20). The highest BCUT2D eigenvalue weighted by molar-refractivity contribution is 5.97. The molecule has 1 amide bonds. The summed E-state index contributed by atoms with van der Waals surface area (Å²) in [5, 5.41) is 8.32. The number of nitrogens with one attached hydrogen (secondary N) is 1. The first-order valence-corrected chi connectivity index (χ1v) is 7.29. The summed E-state index contributed by atoms with van der Waals surface area (Å²) in [5.74, 6) is -0.0244. The van der Waals surface area contributed by atoms with Crippen molar-refractivity contribution in [2.75, 3.05) is 0 Å². The predicted molar refractivity (Wildman–Crippen MR) is 77.6 cm³/mol. The second-order valence-electron chi connectivity index (χ2n) is 5.77. The van der Waals surface area contributed by atoms with Crippen LogP contribution >= 0.6 is 0 Å². The van der Waals surface area contributed by atoms with Crippen LogP contribution in [0, 0.1) is 0 Å². The first kappa shape index (κ1) is 13.1. The summed E-state index contributed by atoms with van der Waals surface area (Å²) in [6, 6.07) is 2.47. The number of aromatic nitrogens is 3. The smallest absolute Gasteiger partial charge is 0.253 e. The van der Waals surface area contributed by atoms with Crippen molar-refractivity contribution in [2.45, 2.75) is 51.6 Å². The van der Waals surface area contributed by atoms with E-state index < -0.39 is 0 Å². The van der Waals surface area contributed by atoms with Crippen molar-refractivity contribution in [2.24, 2.45) is 0 Å². The SMILES string of the molecule is CC(C)n1ncc2cc(C(=O)NC3CCCC3)cnc21. The molecule has 5 heteroatoms. The Hall–Kier alpha value is -1.91. The van der Waals surface area contributed by atoms with E-state index in [9.17, 15) is 4.79 Å². The van der Waals surface area contributed by atoms with Crippen LogP contribution in [0.1, 0.15) is 55.9 Å². The van der Waals surface area contributed by atoms with E-state index in [4.69, 9.17) is 0 Å². The molecule has 2 aromatic rings. The largest absolute Gasteiger partial charge is 0.349 e. The molecule has 0 radical (unpaired) electrons. The zero-order chi connectivity index (χ0) is 14.1. The number of carbonyl (C=O) groups excluding carboxylic acids is 1. The summed E-state index contributed by atoms with van der Waals surface area (Å²) in [6.07, 6.45) is 8.02. The van der Waals surface area contributed by atoms with E-state index in [2.05, 4.69) is 29.2 Å². The van der Waals surface area contributed by atoms with Crippen LogP contribution in [0.4, 0.5) is 0 Å². The molecule has 0 spiro atoms. The lowest BCUT2D eigenvalue weighted by molar-refractivity contribution is 0.0937. The fourth-order valence-corrected chi connectivity index (χ4v) is 2.78. The molecule has 2 aromatic heterocycles. The van der Waals surface area contributed by atoms with Crippen LogP contribution in [0.2, 0.25) is 0 Å². The van der Waals surface area contributed by atoms with E-state index >= 15 is 0 Å². The molecule has 20 heavy (non-hydrogen) atoms. The van der Waals surface area contributed by atoms with E-state index in [0.29, 0.717) is 11.6 Å². The lowest BCUT2D eigenvalue weighted by Crippen LogP contribution is -2.32. The monoisotopic (exact) mass is 272 g/mol. The highest BCUT2D eigenvalue weighted by Gasteiger charge is 2.18. The summed E-state index contributed by atoms with van der Waals surface area (Å²) in [4.78, 5) is 16.6. The summed E-state index contributed by atoms with van der Waals surface area (Å²) in [6.45, 7) is 4.13. The maximum atomic E-state index is 12.2. The third kappa shape index (κ3) is 2.40. The Morgan fingerprint density at radius 1 is 1.35 bits per heavy atom. The Bertz CT molecular complexity index is 626. The second-order valence-corrected chi connectivity index (χ2v) is 5.77. The number of carbonyl (C=O) groups is 1. The molecule has 0 saturated heterocycles. The van der Waals surface area contributed by atoms with Crippen molar-refractivity contribution in [3.05, 3.63) is 24.0 Å². The van der Waals surface area contributed by atoms with Crippen LogP contribution < -0.4 is 5.32 Å². The molecule has 0 aliphatic heterocycles. The van der Waals surface area contributed by atoms with Gasteiger partial charge in [0.1, 0.15) is 0 Å². The van der Waals surface area contributed by atoms with Gasteiger partial charge in [0.25, 0.3) is 5.91 Å². The van der Waals surface area contributed by atoms with Crippen molar-refractivity contribution >= 4 is 16.9 Å². The van der Waals surface area contributed by atoms with Crippen molar-refractivity contribution in [3.8, 4) is 0 Å². The molecule has 0 bridgehead atoms. The number of hydrogen-bond acceptors (Lipinski definition) is 3. The van der Waals surface area contributed by atoms with Crippen LogP contribution in [0.25, 0.3) is 11.0 Å². The predicted octanol–water partition coefficient (Wildman–Crippen LogP) is 2.68. The Morgan fingerprint density at radius 2 is 2.10 bits per heavy atom. The van der Waals surface area contributed by atoms with E-state index in [0.717, 1.165) is 23.9 Å². The third-order valence-corrected chi connectivity index (χ3v) is 3.88. The molecule has 2 heterocycles. The Morgan fingerprint density at radius 3 is 2.80 bits per heavy atom. The van der Waals surface area contributed by atoms with Gasteiger partial charge in [-0.25, -0.2) is 9.67 Å². The maximum absolute atomic E-state index is 12.2. The van der Waals surface area contributed by atoms with E-state index in [-0.39, 0.29) is 11.9 Å². The molecule has 1 aliphatic rings. The Kier molecular flexibility index (Phi) is 3.42. The average Bonchev–Trinajstić information content (AvgIpc) is 3.06. The molecule has 3 rings (SSSR count). The number of nitrogens with zero attached hydrogens (tertiary/aromatic N) is 3. The minimum absolute atomic E-state index is 0.0244. The lowest BCUT2D eigenvalue weighted by atomic mass is 10.2. The topological polar surface area (TPSA) is 59.8 Å². The van der Waals surface area contributed by atoms with Crippen molar-refractivity contribution in [1.29, 1.82) is 0 Å². The van der Waals surface area contributed by atoms with Crippen molar-refractivity contribution in [3.63, 3.8) is 0 Å². The van der Waals surface area contributed by atoms with Gasteiger partial charge in [0.15, 0.2) is 5.65 Å². The minimum atomic E-state index is -0.0244. The van der Waals surface area contributed by atoms with Gasteiger partial charge in [-0.2, -0.15) is 5.10 Å². The van der Waals surface area contributed by atoms with Crippen LogP contribution in [0.5, 0.6) is 0 Å². The van der Waals surface area contributed by atoms with Crippen LogP contribution in [0.3, 0.4) is 0 Å². The van der Waals surface area contributed by atoms with Gasteiger partial charge in [-0.1, -0.05) is 12.8 Å². The van der Waals surface area contributed by atoms with E-state index in [1.807, 2.05) is 10.7 Å². The Labute approximate surface area is 118 Å². The summed E-state index contributed by atoms with van der Waals surface area (Å²) in [7, 11) is 0. The molecule has 1 aliphatic carbocycles. The zero-order valence-electron chi connectivity index (χ0n) is 12.0. The maximum Gasteiger partial charge on any atom is 0.253 e. The highest BCUT2D eigenvalue weighted by atomic mass is 16.1. The van der Waals surface area contributed by atoms with Gasteiger partial charge in [0.05, 0.1) is 11.8 Å².